The third-order valence-corrected chi connectivity index (χ3v) is 8.42. The van der Waals surface area contributed by atoms with Crippen molar-refractivity contribution >= 4 is 11.8 Å². The van der Waals surface area contributed by atoms with Crippen LogP contribution in [0.5, 0.6) is 0 Å². The van der Waals surface area contributed by atoms with Crippen molar-refractivity contribution in [2.75, 3.05) is 0 Å². The van der Waals surface area contributed by atoms with Crippen molar-refractivity contribution in [3.63, 3.8) is 0 Å². The molecule has 1 aliphatic carbocycles. The normalized spacial score (nSPS) is 18.5. The van der Waals surface area contributed by atoms with E-state index in [1.165, 1.54) is 11.0 Å². The average Bonchev–Trinajstić information content (AvgIpc) is 3.55. The summed E-state index contributed by atoms with van der Waals surface area (Å²) < 4.78 is 41.9. The molecule has 1 fully saturated rings. The fourth-order valence-corrected chi connectivity index (χ4v) is 6.03. The summed E-state index contributed by atoms with van der Waals surface area (Å²) in [7, 11) is 0. The number of hydrogen-bond acceptors (Lipinski definition) is 4. The van der Waals surface area contributed by atoms with E-state index in [1.54, 1.807) is 13.8 Å². The first-order valence-electron chi connectivity index (χ1n) is 13.9. The van der Waals surface area contributed by atoms with Crippen LogP contribution in [0.3, 0.4) is 0 Å². The van der Waals surface area contributed by atoms with Crippen LogP contribution in [0.1, 0.15) is 140 Å². The third-order valence-electron chi connectivity index (χ3n) is 8.42. The van der Waals surface area contributed by atoms with Crippen LogP contribution in [0.25, 0.3) is 0 Å². The minimum Gasteiger partial charge on any atom is -0.332 e. The Labute approximate surface area is 228 Å². The van der Waals surface area contributed by atoms with E-state index < -0.39 is 23.3 Å². The zero-order valence-corrected chi connectivity index (χ0v) is 23.7. The zero-order valence-electron chi connectivity index (χ0n) is 23.7. The highest BCUT2D eigenvalue weighted by atomic mass is 19.4. The summed E-state index contributed by atoms with van der Waals surface area (Å²) >= 11 is 0. The number of amides is 2. The molecule has 0 aromatic carbocycles. The lowest BCUT2D eigenvalue weighted by Gasteiger charge is -2.37. The summed E-state index contributed by atoms with van der Waals surface area (Å²) in [4.78, 5) is 39.1. The first-order chi connectivity index (χ1) is 18.1. The fourth-order valence-electron chi connectivity index (χ4n) is 6.03. The smallest absolute Gasteiger partial charge is 0.332 e. The van der Waals surface area contributed by atoms with Crippen LogP contribution in [0, 0.1) is 0 Å². The molecule has 0 N–H and O–H groups in total. The van der Waals surface area contributed by atoms with Gasteiger partial charge in [0.15, 0.2) is 5.69 Å². The highest BCUT2D eigenvalue weighted by molar-refractivity contribution is 6.00. The standard InChI is InChI=1S/C30H37F3N4O2/c1-15(2)23-10-20-22(26(35-23)30(31,32)33)14-37(28(20)39)29(6,7)12-17(5)24-11-19-21(25(34-24)18-8-9-18)13-36(16(3)4)27(19)38/h10-11,15-18H,8-9,12-14H2,1-7H3. The fraction of sp³-hybridized carbons (Fsp3) is 0.600. The van der Waals surface area contributed by atoms with E-state index in [-0.39, 0.29) is 47.2 Å². The number of hydrogen-bond donors (Lipinski definition) is 0. The molecule has 3 aliphatic rings. The van der Waals surface area contributed by atoms with Crippen molar-refractivity contribution in [3.8, 4) is 0 Å². The molecule has 0 saturated heterocycles. The number of nitrogens with zero attached hydrogens (tertiary/aromatic N) is 4. The van der Waals surface area contributed by atoms with Crippen molar-refractivity contribution in [2.24, 2.45) is 0 Å². The molecule has 9 heteroatoms. The summed E-state index contributed by atoms with van der Waals surface area (Å²) in [5, 5.41) is 0. The molecule has 2 aromatic heterocycles. The predicted octanol–water partition coefficient (Wildman–Crippen LogP) is 6.79. The number of halogens is 3. The van der Waals surface area contributed by atoms with Gasteiger partial charge >= 0.3 is 6.18 Å². The molecule has 1 unspecified atom stereocenters. The molecule has 0 radical (unpaired) electrons. The van der Waals surface area contributed by atoms with E-state index in [9.17, 15) is 22.8 Å². The topological polar surface area (TPSA) is 66.4 Å². The SMILES string of the molecule is CC(C)c1cc2c(c(C(F)(F)F)n1)CN(C(C)(C)CC(C)c1cc3c(c(C4CC4)n1)CN(C(C)C)C3=O)C2=O. The first-order valence-corrected chi connectivity index (χ1v) is 13.9. The van der Waals surface area contributed by atoms with Gasteiger partial charge in [-0.1, -0.05) is 20.8 Å². The van der Waals surface area contributed by atoms with Gasteiger partial charge in [-0.25, -0.2) is 4.98 Å². The maximum absolute atomic E-state index is 14.0. The van der Waals surface area contributed by atoms with E-state index in [2.05, 4.69) is 4.98 Å². The summed E-state index contributed by atoms with van der Waals surface area (Å²) in [6.45, 7) is 13.8. The van der Waals surface area contributed by atoms with E-state index >= 15 is 0 Å². The summed E-state index contributed by atoms with van der Waals surface area (Å²) in [6, 6.07) is 3.51. The molecule has 2 aliphatic heterocycles. The molecule has 1 atom stereocenters. The van der Waals surface area contributed by atoms with Crippen LogP contribution in [-0.2, 0) is 19.3 Å². The van der Waals surface area contributed by atoms with Crippen molar-refractivity contribution in [1.82, 2.24) is 19.8 Å². The lowest BCUT2D eigenvalue weighted by Crippen LogP contribution is -2.45. The van der Waals surface area contributed by atoms with E-state index in [0.29, 0.717) is 24.4 Å². The Morgan fingerprint density at radius 2 is 1.51 bits per heavy atom. The van der Waals surface area contributed by atoms with Crippen molar-refractivity contribution < 1.29 is 22.8 Å². The lowest BCUT2D eigenvalue weighted by molar-refractivity contribution is -0.142. The van der Waals surface area contributed by atoms with Gasteiger partial charge in [-0.05, 0) is 65.0 Å². The number of fused-ring (bicyclic) bond motifs is 2. The Kier molecular flexibility index (Phi) is 6.58. The maximum atomic E-state index is 14.0. The largest absolute Gasteiger partial charge is 0.433 e. The number of carbonyl (C=O) groups is 2. The van der Waals surface area contributed by atoms with E-state index in [0.717, 1.165) is 29.8 Å². The molecule has 0 bridgehead atoms. The summed E-state index contributed by atoms with van der Waals surface area (Å²) in [6.07, 6.45) is -2.04. The Bertz CT molecular complexity index is 1340. The molecule has 2 amide bonds. The van der Waals surface area contributed by atoms with Gasteiger partial charge in [0, 0.05) is 75.8 Å². The number of carbonyl (C=O) groups excluding carboxylic acids is 2. The highest BCUT2D eigenvalue weighted by Crippen LogP contribution is 2.45. The second kappa shape index (κ2) is 9.30. The lowest BCUT2D eigenvalue weighted by atomic mass is 9.87. The Morgan fingerprint density at radius 1 is 0.897 bits per heavy atom. The Hall–Kier alpha value is -2.97. The molecule has 2 aromatic rings. The molecule has 0 spiro atoms. The van der Waals surface area contributed by atoms with Gasteiger partial charge in [0.05, 0.1) is 0 Å². The molecule has 4 heterocycles. The quantitative estimate of drug-likeness (QED) is 0.387. The molecular weight excluding hydrogens is 505 g/mol. The van der Waals surface area contributed by atoms with Crippen LogP contribution in [0.2, 0.25) is 0 Å². The number of alkyl halides is 3. The minimum absolute atomic E-state index is 0.0234. The molecule has 6 nitrogen and oxygen atoms in total. The zero-order chi connectivity index (χ0) is 28.6. The van der Waals surface area contributed by atoms with Crippen molar-refractivity contribution in [3.05, 3.63) is 57.2 Å². The van der Waals surface area contributed by atoms with Gasteiger partial charge in [-0.2, -0.15) is 13.2 Å². The molecule has 210 valence electrons. The van der Waals surface area contributed by atoms with Crippen LogP contribution in [0.4, 0.5) is 13.2 Å². The second-order valence-corrected chi connectivity index (χ2v) is 12.6. The molecule has 1 saturated carbocycles. The predicted molar refractivity (Wildman–Crippen MR) is 142 cm³/mol. The van der Waals surface area contributed by atoms with Gasteiger partial charge in [-0.3, -0.25) is 14.6 Å². The van der Waals surface area contributed by atoms with Gasteiger partial charge < -0.3 is 9.80 Å². The van der Waals surface area contributed by atoms with Gasteiger partial charge in [0.1, 0.15) is 0 Å². The molecular formula is C30H37F3N4O2. The van der Waals surface area contributed by atoms with E-state index in [1.807, 2.05) is 45.6 Å². The minimum atomic E-state index is -4.65. The summed E-state index contributed by atoms with van der Waals surface area (Å²) in [5.74, 6) is -0.369. The Balaban J connectivity index is 1.44. The monoisotopic (exact) mass is 542 g/mol. The van der Waals surface area contributed by atoms with Crippen LogP contribution < -0.4 is 0 Å². The molecule has 5 rings (SSSR count). The average molecular weight is 543 g/mol. The third kappa shape index (κ3) is 4.82. The van der Waals surface area contributed by atoms with Crippen molar-refractivity contribution in [1.29, 1.82) is 0 Å². The van der Waals surface area contributed by atoms with Gasteiger partial charge in [-0.15, -0.1) is 0 Å². The van der Waals surface area contributed by atoms with Gasteiger partial charge in [0.2, 0.25) is 0 Å². The van der Waals surface area contributed by atoms with Crippen LogP contribution in [-0.4, -0.2) is 43.2 Å². The maximum Gasteiger partial charge on any atom is 0.433 e. The number of pyridine rings is 2. The second-order valence-electron chi connectivity index (χ2n) is 12.6. The Morgan fingerprint density at radius 3 is 2.08 bits per heavy atom. The summed E-state index contributed by atoms with van der Waals surface area (Å²) in [5.41, 5.74) is 2.13. The first kappa shape index (κ1) is 27.6. The van der Waals surface area contributed by atoms with Crippen LogP contribution in [0.15, 0.2) is 12.1 Å². The van der Waals surface area contributed by atoms with E-state index in [4.69, 9.17) is 4.98 Å². The molecule has 39 heavy (non-hydrogen) atoms. The van der Waals surface area contributed by atoms with Crippen LogP contribution >= 0.6 is 0 Å². The van der Waals surface area contributed by atoms with Crippen molar-refractivity contribution in [2.45, 2.75) is 116 Å². The number of rotatable bonds is 7. The highest BCUT2D eigenvalue weighted by Gasteiger charge is 2.46. The van der Waals surface area contributed by atoms with Gasteiger partial charge in [0.25, 0.3) is 11.8 Å². The number of aromatic nitrogens is 2.